The molecule has 3 aromatic carbocycles. The van der Waals surface area contributed by atoms with Crippen LogP contribution in [-0.2, 0) is 9.53 Å². The van der Waals surface area contributed by atoms with Crippen LogP contribution in [0, 0.1) is 6.92 Å². The Hall–Kier alpha value is -3.54. The topological polar surface area (TPSA) is 73.9 Å². The van der Waals surface area contributed by atoms with E-state index < -0.39 is 5.97 Å². The second-order valence-electron chi connectivity index (χ2n) is 6.23. The first-order valence-electron chi connectivity index (χ1n) is 8.69. The molecule has 6 heteroatoms. The molecule has 0 aromatic heterocycles. The Morgan fingerprint density at radius 1 is 0.893 bits per heavy atom. The maximum absolute atomic E-state index is 12.3. The fraction of sp³-hybridized carbons (Fsp3) is 0.182. The third-order valence-electron chi connectivity index (χ3n) is 4.32. The Morgan fingerprint density at radius 3 is 2.32 bits per heavy atom. The maximum Gasteiger partial charge on any atom is 0.337 e. The molecular formula is C22H21NO5. The van der Waals surface area contributed by atoms with E-state index in [1.54, 1.807) is 25.3 Å². The second kappa shape index (κ2) is 8.43. The van der Waals surface area contributed by atoms with Gasteiger partial charge >= 0.3 is 5.97 Å². The molecule has 0 saturated carbocycles. The Morgan fingerprint density at radius 2 is 1.61 bits per heavy atom. The van der Waals surface area contributed by atoms with Gasteiger partial charge in [-0.05, 0) is 59.7 Å². The van der Waals surface area contributed by atoms with E-state index in [0.717, 1.165) is 22.1 Å². The summed E-state index contributed by atoms with van der Waals surface area (Å²) in [6.07, 6.45) is 0. The number of fused-ring (bicyclic) bond motifs is 1. The molecule has 0 radical (unpaired) electrons. The number of carbonyl (C=O) groups excluding carboxylic acids is 2. The fourth-order valence-electron chi connectivity index (χ4n) is 2.76. The highest BCUT2D eigenvalue weighted by atomic mass is 16.5. The lowest BCUT2D eigenvalue weighted by Gasteiger charge is -2.11. The quantitative estimate of drug-likeness (QED) is 0.656. The summed E-state index contributed by atoms with van der Waals surface area (Å²) < 4.78 is 15.6. The number of rotatable bonds is 6. The number of hydrogen-bond acceptors (Lipinski definition) is 5. The number of nitrogens with one attached hydrogen (secondary N) is 1. The van der Waals surface area contributed by atoms with E-state index in [9.17, 15) is 9.59 Å². The predicted molar refractivity (Wildman–Crippen MR) is 107 cm³/mol. The van der Waals surface area contributed by atoms with E-state index in [-0.39, 0.29) is 12.5 Å². The molecule has 144 valence electrons. The van der Waals surface area contributed by atoms with Crippen molar-refractivity contribution < 1.29 is 23.8 Å². The lowest BCUT2D eigenvalue weighted by Crippen LogP contribution is -2.21. The van der Waals surface area contributed by atoms with Gasteiger partial charge in [0.15, 0.2) is 6.61 Å². The summed E-state index contributed by atoms with van der Waals surface area (Å²) in [4.78, 5) is 23.9. The number of esters is 1. The number of benzene rings is 3. The van der Waals surface area contributed by atoms with Crippen molar-refractivity contribution in [2.45, 2.75) is 6.92 Å². The summed E-state index contributed by atoms with van der Waals surface area (Å²) in [5, 5.41) is 4.77. The van der Waals surface area contributed by atoms with Gasteiger partial charge in [-0.1, -0.05) is 18.2 Å². The van der Waals surface area contributed by atoms with Gasteiger partial charge in [0, 0.05) is 5.69 Å². The molecule has 0 bridgehead atoms. The van der Waals surface area contributed by atoms with Crippen LogP contribution < -0.4 is 14.8 Å². The monoisotopic (exact) mass is 379 g/mol. The van der Waals surface area contributed by atoms with Crippen LogP contribution >= 0.6 is 0 Å². The molecule has 0 heterocycles. The van der Waals surface area contributed by atoms with Crippen LogP contribution in [0.5, 0.6) is 11.5 Å². The number of amides is 1. The Bertz CT molecular complexity index is 1030. The first-order chi connectivity index (χ1) is 13.5. The van der Waals surface area contributed by atoms with Crippen molar-refractivity contribution in [3.05, 3.63) is 65.7 Å². The van der Waals surface area contributed by atoms with Crippen molar-refractivity contribution >= 4 is 28.3 Å². The van der Waals surface area contributed by atoms with Gasteiger partial charge in [0.2, 0.25) is 0 Å². The number of anilines is 1. The number of hydrogen-bond donors (Lipinski definition) is 1. The molecule has 0 atom stereocenters. The van der Waals surface area contributed by atoms with Crippen molar-refractivity contribution in [1.82, 2.24) is 0 Å². The predicted octanol–water partition coefficient (Wildman–Crippen LogP) is 3.96. The average Bonchev–Trinajstić information content (AvgIpc) is 2.72. The molecule has 0 unspecified atom stereocenters. The minimum absolute atomic E-state index is 0.155. The lowest BCUT2D eigenvalue weighted by atomic mass is 10.1. The van der Waals surface area contributed by atoms with Crippen LogP contribution in [0.2, 0.25) is 0 Å². The summed E-state index contributed by atoms with van der Waals surface area (Å²) >= 11 is 0. The molecule has 6 nitrogen and oxygen atoms in total. The molecule has 1 N–H and O–H groups in total. The van der Waals surface area contributed by atoms with E-state index in [1.807, 2.05) is 43.3 Å². The highest BCUT2D eigenvalue weighted by Crippen LogP contribution is 2.25. The second-order valence-corrected chi connectivity index (χ2v) is 6.23. The fourth-order valence-corrected chi connectivity index (χ4v) is 2.76. The summed E-state index contributed by atoms with van der Waals surface area (Å²) in [6.45, 7) is 1.69. The SMILES string of the molecule is COC(=O)c1ccc(C)c(NC(=O)COc2ccc3ccc(OC)cc3c2)c1. The van der Waals surface area contributed by atoms with Gasteiger partial charge in [0.1, 0.15) is 11.5 Å². The first kappa shape index (κ1) is 19.2. The van der Waals surface area contributed by atoms with Gasteiger partial charge in [-0.15, -0.1) is 0 Å². The van der Waals surface area contributed by atoms with E-state index in [1.165, 1.54) is 7.11 Å². The third kappa shape index (κ3) is 4.40. The van der Waals surface area contributed by atoms with E-state index in [4.69, 9.17) is 14.2 Å². The number of methoxy groups -OCH3 is 2. The smallest absolute Gasteiger partial charge is 0.337 e. The molecule has 0 aliphatic carbocycles. The zero-order chi connectivity index (χ0) is 20.1. The summed E-state index contributed by atoms with van der Waals surface area (Å²) in [6, 6.07) is 16.3. The Kier molecular flexibility index (Phi) is 5.79. The minimum atomic E-state index is -0.460. The standard InChI is InChI=1S/C22H21NO5/c1-14-4-5-16(22(25)27-3)12-20(14)23-21(24)13-28-19-9-7-15-6-8-18(26-2)10-17(15)11-19/h4-12H,13H2,1-3H3,(H,23,24). The van der Waals surface area contributed by atoms with Gasteiger partial charge in [0.05, 0.1) is 19.8 Å². The molecule has 0 spiro atoms. The molecule has 28 heavy (non-hydrogen) atoms. The molecule has 3 rings (SSSR count). The largest absolute Gasteiger partial charge is 0.497 e. The lowest BCUT2D eigenvalue weighted by molar-refractivity contribution is -0.118. The van der Waals surface area contributed by atoms with Crippen LogP contribution in [0.1, 0.15) is 15.9 Å². The average molecular weight is 379 g/mol. The number of carbonyl (C=O) groups is 2. The zero-order valence-electron chi connectivity index (χ0n) is 15.9. The van der Waals surface area contributed by atoms with Gasteiger partial charge in [-0.2, -0.15) is 0 Å². The molecule has 1 amide bonds. The molecular weight excluding hydrogens is 358 g/mol. The summed E-state index contributed by atoms with van der Waals surface area (Å²) in [5.74, 6) is 0.550. The van der Waals surface area contributed by atoms with Crippen molar-refractivity contribution in [2.24, 2.45) is 0 Å². The third-order valence-corrected chi connectivity index (χ3v) is 4.32. The normalized spacial score (nSPS) is 10.4. The summed E-state index contributed by atoms with van der Waals surface area (Å²) in [7, 11) is 2.93. The van der Waals surface area contributed by atoms with E-state index in [2.05, 4.69) is 5.32 Å². The van der Waals surface area contributed by atoms with Crippen molar-refractivity contribution in [3.63, 3.8) is 0 Å². The Labute approximate surface area is 163 Å². The van der Waals surface area contributed by atoms with Crippen LogP contribution in [0.4, 0.5) is 5.69 Å². The maximum atomic E-state index is 12.3. The van der Waals surface area contributed by atoms with E-state index in [0.29, 0.717) is 17.0 Å². The van der Waals surface area contributed by atoms with Crippen molar-refractivity contribution in [3.8, 4) is 11.5 Å². The van der Waals surface area contributed by atoms with Crippen LogP contribution in [0.3, 0.4) is 0 Å². The van der Waals surface area contributed by atoms with Crippen molar-refractivity contribution in [1.29, 1.82) is 0 Å². The van der Waals surface area contributed by atoms with Crippen molar-refractivity contribution in [2.75, 3.05) is 26.1 Å². The highest BCUT2D eigenvalue weighted by Gasteiger charge is 2.11. The highest BCUT2D eigenvalue weighted by molar-refractivity contribution is 5.96. The van der Waals surface area contributed by atoms with Gasteiger partial charge in [-0.25, -0.2) is 4.79 Å². The van der Waals surface area contributed by atoms with Crippen LogP contribution in [-0.4, -0.2) is 32.7 Å². The van der Waals surface area contributed by atoms with Crippen LogP contribution in [0.15, 0.2) is 54.6 Å². The molecule has 0 saturated heterocycles. The van der Waals surface area contributed by atoms with Gasteiger partial charge < -0.3 is 19.5 Å². The van der Waals surface area contributed by atoms with Gasteiger partial charge in [-0.3, -0.25) is 4.79 Å². The van der Waals surface area contributed by atoms with E-state index >= 15 is 0 Å². The minimum Gasteiger partial charge on any atom is -0.497 e. The molecule has 0 fully saturated rings. The molecule has 0 aliphatic rings. The van der Waals surface area contributed by atoms with Crippen LogP contribution in [0.25, 0.3) is 10.8 Å². The number of aryl methyl sites for hydroxylation is 1. The Balaban J connectivity index is 1.67. The zero-order valence-corrected chi connectivity index (χ0v) is 15.9. The number of ether oxygens (including phenoxy) is 3. The first-order valence-corrected chi connectivity index (χ1v) is 8.69. The summed E-state index contributed by atoms with van der Waals surface area (Å²) in [5.41, 5.74) is 1.74. The molecule has 0 aliphatic heterocycles. The molecule has 3 aromatic rings. The van der Waals surface area contributed by atoms with Gasteiger partial charge in [0.25, 0.3) is 5.91 Å².